The molecule has 0 heterocycles. The van der Waals surface area contributed by atoms with Crippen molar-refractivity contribution in [1.82, 2.24) is 0 Å². The number of imide groups is 1. The molecule has 0 bridgehead atoms. The van der Waals surface area contributed by atoms with E-state index in [1.165, 1.54) is 24.3 Å². The summed E-state index contributed by atoms with van der Waals surface area (Å²) in [6.07, 6.45) is 0.400. The maximum absolute atomic E-state index is 11.8. The number of benzene rings is 2. The Morgan fingerprint density at radius 1 is 0.923 bits per heavy atom. The van der Waals surface area contributed by atoms with Gasteiger partial charge in [-0.15, -0.1) is 0 Å². The lowest BCUT2D eigenvalue weighted by atomic mass is 10.0. The quantitative estimate of drug-likeness (QED) is 0.525. The standard InChI is InChI=1S/C17H13N3O6/c1-9(21)18(10(2)22)16-6-12-5-11-3-4-13(19(23)24)7-14(11)15(12)8-17(16)20(25)26/h3-4,6-8H,5H2,1-2H3. The van der Waals surface area contributed by atoms with Crippen molar-refractivity contribution in [3.8, 4) is 11.1 Å². The van der Waals surface area contributed by atoms with Crippen molar-refractivity contribution >= 4 is 28.9 Å². The number of hydrogen-bond acceptors (Lipinski definition) is 6. The third-order valence-corrected chi connectivity index (χ3v) is 4.24. The fraction of sp³-hybridized carbons (Fsp3) is 0.176. The molecule has 1 aliphatic rings. The van der Waals surface area contributed by atoms with Gasteiger partial charge in [0, 0.05) is 32.0 Å². The fourth-order valence-electron chi connectivity index (χ4n) is 3.19. The van der Waals surface area contributed by atoms with E-state index in [4.69, 9.17) is 0 Å². The summed E-state index contributed by atoms with van der Waals surface area (Å²) in [6, 6.07) is 7.05. The summed E-state index contributed by atoms with van der Waals surface area (Å²) in [5, 5.41) is 22.5. The molecule has 2 aromatic rings. The first-order chi connectivity index (χ1) is 12.2. The Labute approximate surface area is 147 Å². The van der Waals surface area contributed by atoms with Gasteiger partial charge in [0.15, 0.2) is 0 Å². The summed E-state index contributed by atoms with van der Waals surface area (Å²) in [5.41, 5.74) is 1.86. The predicted octanol–water partition coefficient (Wildman–Crippen LogP) is 2.97. The van der Waals surface area contributed by atoms with Gasteiger partial charge in [-0.1, -0.05) is 6.07 Å². The van der Waals surface area contributed by atoms with E-state index in [1.54, 1.807) is 6.07 Å². The first-order valence-electron chi connectivity index (χ1n) is 7.61. The number of carbonyl (C=O) groups is 2. The van der Waals surface area contributed by atoms with Crippen molar-refractivity contribution in [2.45, 2.75) is 20.3 Å². The number of nitro groups is 2. The molecule has 9 nitrogen and oxygen atoms in total. The molecular formula is C17H13N3O6. The van der Waals surface area contributed by atoms with Crippen LogP contribution >= 0.6 is 0 Å². The molecule has 0 N–H and O–H groups in total. The highest BCUT2D eigenvalue weighted by Gasteiger charge is 2.31. The van der Waals surface area contributed by atoms with E-state index >= 15 is 0 Å². The average molecular weight is 355 g/mol. The molecule has 0 spiro atoms. The van der Waals surface area contributed by atoms with Gasteiger partial charge in [0.1, 0.15) is 5.69 Å². The second kappa shape index (κ2) is 6.03. The molecule has 0 unspecified atom stereocenters. The van der Waals surface area contributed by atoms with Crippen LogP contribution in [0.2, 0.25) is 0 Å². The van der Waals surface area contributed by atoms with Crippen LogP contribution in [-0.4, -0.2) is 21.7 Å². The van der Waals surface area contributed by atoms with Crippen LogP contribution in [0.5, 0.6) is 0 Å². The Morgan fingerprint density at radius 2 is 1.54 bits per heavy atom. The van der Waals surface area contributed by atoms with Crippen molar-refractivity contribution in [2.75, 3.05) is 4.90 Å². The highest BCUT2D eigenvalue weighted by Crippen LogP contribution is 2.44. The number of nitro benzene ring substituents is 2. The van der Waals surface area contributed by atoms with Gasteiger partial charge in [-0.2, -0.15) is 0 Å². The minimum atomic E-state index is -0.677. The van der Waals surface area contributed by atoms with Crippen LogP contribution in [0.25, 0.3) is 11.1 Å². The van der Waals surface area contributed by atoms with E-state index in [-0.39, 0.29) is 11.4 Å². The lowest BCUT2D eigenvalue weighted by molar-refractivity contribution is -0.384. The Bertz CT molecular complexity index is 984. The van der Waals surface area contributed by atoms with Crippen LogP contribution in [0, 0.1) is 20.2 Å². The number of carbonyl (C=O) groups excluding carboxylic acids is 2. The van der Waals surface area contributed by atoms with Gasteiger partial charge in [0.25, 0.3) is 11.4 Å². The number of anilines is 1. The summed E-state index contributed by atoms with van der Waals surface area (Å²) in [5.74, 6) is -1.27. The maximum atomic E-state index is 11.8. The second-order valence-electron chi connectivity index (χ2n) is 5.90. The van der Waals surface area contributed by atoms with Gasteiger partial charge < -0.3 is 0 Å². The zero-order valence-corrected chi connectivity index (χ0v) is 13.9. The van der Waals surface area contributed by atoms with Crippen LogP contribution in [0.3, 0.4) is 0 Å². The van der Waals surface area contributed by atoms with Crippen molar-refractivity contribution in [3.63, 3.8) is 0 Å². The lowest BCUT2D eigenvalue weighted by Gasteiger charge is -2.18. The van der Waals surface area contributed by atoms with Gasteiger partial charge in [-0.05, 0) is 34.7 Å². The zero-order chi connectivity index (χ0) is 19.2. The molecule has 0 aliphatic heterocycles. The number of amides is 2. The van der Waals surface area contributed by atoms with Gasteiger partial charge in [0.2, 0.25) is 11.8 Å². The molecule has 0 saturated carbocycles. The number of non-ortho nitro benzene ring substituents is 1. The van der Waals surface area contributed by atoms with Crippen LogP contribution in [0.15, 0.2) is 30.3 Å². The molecule has 132 valence electrons. The Kier molecular flexibility index (Phi) is 3.99. The molecule has 9 heteroatoms. The molecule has 26 heavy (non-hydrogen) atoms. The van der Waals surface area contributed by atoms with E-state index in [0.717, 1.165) is 24.3 Å². The predicted molar refractivity (Wildman–Crippen MR) is 91.8 cm³/mol. The molecule has 0 fully saturated rings. The molecule has 2 aromatic carbocycles. The van der Waals surface area contributed by atoms with Gasteiger partial charge in [0.05, 0.1) is 9.85 Å². The zero-order valence-electron chi connectivity index (χ0n) is 13.9. The van der Waals surface area contributed by atoms with E-state index in [2.05, 4.69) is 0 Å². The Morgan fingerprint density at radius 3 is 2.08 bits per heavy atom. The third-order valence-electron chi connectivity index (χ3n) is 4.24. The minimum Gasteiger partial charge on any atom is -0.274 e. The Balaban J connectivity index is 2.24. The summed E-state index contributed by atoms with van der Waals surface area (Å²) in [6.45, 7) is 2.30. The number of fused-ring (bicyclic) bond motifs is 3. The smallest absolute Gasteiger partial charge is 0.274 e. The highest BCUT2D eigenvalue weighted by molar-refractivity contribution is 6.14. The number of nitrogens with zero attached hydrogens (tertiary/aromatic N) is 3. The number of hydrogen-bond donors (Lipinski definition) is 0. The van der Waals surface area contributed by atoms with Crippen LogP contribution in [0.4, 0.5) is 17.1 Å². The monoisotopic (exact) mass is 355 g/mol. The summed E-state index contributed by atoms with van der Waals surface area (Å²) in [4.78, 5) is 45.7. The molecule has 0 atom stereocenters. The molecule has 0 aromatic heterocycles. The first-order valence-corrected chi connectivity index (χ1v) is 7.61. The molecule has 0 radical (unpaired) electrons. The van der Waals surface area contributed by atoms with Crippen LogP contribution < -0.4 is 4.90 Å². The summed E-state index contributed by atoms with van der Waals surface area (Å²) < 4.78 is 0. The van der Waals surface area contributed by atoms with Crippen LogP contribution in [-0.2, 0) is 16.0 Å². The van der Waals surface area contributed by atoms with Crippen molar-refractivity contribution in [2.24, 2.45) is 0 Å². The highest BCUT2D eigenvalue weighted by atomic mass is 16.6. The molecule has 1 aliphatic carbocycles. The van der Waals surface area contributed by atoms with E-state index in [0.29, 0.717) is 23.1 Å². The molecule has 0 saturated heterocycles. The molecular weight excluding hydrogens is 342 g/mol. The van der Waals surface area contributed by atoms with Crippen LogP contribution in [0.1, 0.15) is 25.0 Å². The second-order valence-corrected chi connectivity index (χ2v) is 5.90. The van der Waals surface area contributed by atoms with Crippen molar-refractivity contribution in [1.29, 1.82) is 0 Å². The van der Waals surface area contributed by atoms with E-state index in [1.807, 2.05) is 0 Å². The normalized spacial score (nSPS) is 11.5. The van der Waals surface area contributed by atoms with Gasteiger partial charge in [-0.3, -0.25) is 29.8 Å². The number of rotatable bonds is 3. The largest absolute Gasteiger partial charge is 0.294 e. The van der Waals surface area contributed by atoms with Crippen molar-refractivity contribution in [3.05, 3.63) is 61.7 Å². The van der Waals surface area contributed by atoms with E-state index in [9.17, 15) is 29.8 Å². The lowest BCUT2D eigenvalue weighted by Crippen LogP contribution is -2.33. The van der Waals surface area contributed by atoms with E-state index < -0.39 is 27.3 Å². The third kappa shape index (κ3) is 2.69. The van der Waals surface area contributed by atoms with Gasteiger partial charge >= 0.3 is 0 Å². The Hall–Kier alpha value is -3.62. The van der Waals surface area contributed by atoms with Crippen molar-refractivity contribution < 1.29 is 19.4 Å². The topological polar surface area (TPSA) is 124 Å². The minimum absolute atomic E-state index is 0.101. The molecule has 2 amide bonds. The maximum Gasteiger partial charge on any atom is 0.294 e. The van der Waals surface area contributed by atoms with Gasteiger partial charge in [-0.25, -0.2) is 4.90 Å². The summed E-state index contributed by atoms with van der Waals surface area (Å²) >= 11 is 0. The average Bonchev–Trinajstić information content (AvgIpc) is 2.89. The summed E-state index contributed by atoms with van der Waals surface area (Å²) in [7, 11) is 0. The fourth-order valence-corrected chi connectivity index (χ4v) is 3.19. The first kappa shape index (κ1) is 17.2. The SMILES string of the molecule is CC(=O)N(C(C)=O)c1cc2c(cc1[N+](=O)[O-])-c1cc([N+](=O)[O-])ccc1C2. The molecule has 3 rings (SSSR count).